The average molecular weight is 256 g/mol. The summed E-state index contributed by atoms with van der Waals surface area (Å²) in [7, 11) is 0. The van der Waals surface area contributed by atoms with E-state index in [0.29, 0.717) is 19.6 Å². The number of nitrogens with one attached hydrogen (secondary N) is 1. The Morgan fingerprint density at radius 3 is 2.94 bits per heavy atom. The monoisotopic (exact) mass is 255 g/mol. The molecule has 0 bridgehead atoms. The van der Waals surface area contributed by atoms with Gasteiger partial charge in [-0.05, 0) is 31.5 Å². The predicted octanol–water partition coefficient (Wildman–Crippen LogP) is 2.94. The van der Waals surface area contributed by atoms with Gasteiger partial charge in [0, 0.05) is 17.6 Å². The minimum absolute atomic E-state index is 0.168. The Morgan fingerprint density at radius 2 is 2.29 bits per heavy atom. The van der Waals surface area contributed by atoms with Crippen molar-refractivity contribution in [3.63, 3.8) is 0 Å². The van der Waals surface area contributed by atoms with Crippen molar-refractivity contribution < 1.29 is 9.53 Å². The Labute approximate surface area is 107 Å². The Morgan fingerprint density at radius 1 is 1.53 bits per heavy atom. The molecule has 1 N–H and O–H groups in total. The lowest BCUT2D eigenvalue weighted by Gasteiger charge is -2.14. The molecule has 0 aliphatic carbocycles. The first-order valence-electron chi connectivity index (χ1n) is 5.78. The molecule has 1 atom stereocenters. The van der Waals surface area contributed by atoms with Crippen molar-refractivity contribution in [2.24, 2.45) is 0 Å². The molecule has 0 radical (unpaired) electrons. The first-order valence-corrected chi connectivity index (χ1v) is 6.15. The van der Waals surface area contributed by atoms with Gasteiger partial charge in [-0.3, -0.25) is 4.79 Å². The number of benzene rings is 1. The molecule has 17 heavy (non-hydrogen) atoms. The minimum atomic E-state index is -0.168. The van der Waals surface area contributed by atoms with Crippen LogP contribution in [-0.4, -0.2) is 19.1 Å². The standard InChI is InChI=1S/C13H18ClNO2/c1-3-17-13(16)7-8-15-10(2)11-5-4-6-12(14)9-11/h4-6,9-10,15H,3,7-8H2,1-2H3. The van der Waals surface area contributed by atoms with Crippen LogP contribution in [0.4, 0.5) is 0 Å². The molecule has 94 valence electrons. The van der Waals surface area contributed by atoms with Gasteiger partial charge in [0.05, 0.1) is 13.0 Å². The average Bonchev–Trinajstić information content (AvgIpc) is 2.29. The van der Waals surface area contributed by atoms with Gasteiger partial charge in [0.1, 0.15) is 0 Å². The number of hydrogen-bond acceptors (Lipinski definition) is 3. The molecule has 1 rings (SSSR count). The number of ether oxygens (including phenoxy) is 1. The van der Waals surface area contributed by atoms with Crippen molar-refractivity contribution in [3.8, 4) is 0 Å². The summed E-state index contributed by atoms with van der Waals surface area (Å²) >= 11 is 5.91. The summed E-state index contributed by atoms with van der Waals surface area (Å²) in [6, 6.07) is 7.86. The molecule has 1 aromatic carbocycles. The summed E-state index contributed by atoms with van der Waals surface area (Å²) < 4.78 is 4.85. The molecular formula is C13H18ClNO2. The maximum Gasteiger partial charge on any atom is 0.307 e. The highest BCUT2D eigenvalue weighted by atomic mass is 35.5. The van der Waals surface area contributed by atoms with Gasteiger partial charge in [-0.25, -0.2) is 0 Å². The van der Waals surface area contributed by atoms with E-state index in [2.05, 4.69) is 5.32 Å². The largest absolute Gasteiger partial charge is 0.466 e. The Hall–Kier alpha value is -1.06. The second kappa shape index (κ2) is 7.30. The molecule has 0 aliphatic heterocycles. The van der Waals surface area contributed by atoms with Crippen LogP contribution in [-0.2, 0) is 9.53 Å². The van der Waals surface area contributed by atoms with Crippen molar-refractivity contribution in [1.29, 1.82) is 0 Å². The van der Waals surface area contributed by atoms with Crippen LogP contribution in [0.15, 0.2) is 24.3 Å². The van der Waals surface area contributed by atoms with Gasteiger partial charge in [0.15, 0.2) is 0 Å². The Balaban J connectivity index is 2.35. The third kappa shape index (κ3) is 5.20. The van der Waals surface area contributed by atoms with Crippen LogP contribution >= 0.6 is 11.6 Å². The van der Waals surface area contributed by atoms with Gasteiger partial charge in [-0.1, -0.05) is 23.7 Å². The molecule has 3 nitrogen and oxygen atoms in total. The SMILES string of the molecule is CCOC(=O)CCNC(C)c1cccc(Cl)c1. The van der Waals surface area contributed by atoms with Crippen molar-refractivity contribution in [3.05, 3.63) is 34.9 Å². The fraction of sp³-hybridized carbons (Fsp3) is 0.462. The van der Waals surface area contributed by atoms with E-state index in [4.69, 9.17) is 16.3 Å². The normalized spacial score (nSPS) is 12.2. The molecule has 0 saturated heterocycles. The third-order valence-electron chi connectivity index (χ3n) is 2.43. The third-order valence-corrected chi connectivity index (χ3v) is 2.67. The second-order valence-corrected chi connectivity index (χ2v) is 4.22. The quantitative estimate of drug-likeness (QED) is 0.795. The van der Waals surface area contributed by atoms with Crippen molar-refractivity contribution in [2.75, 3.05) is 13.2 Å². The number of rotatable bonds is 6. The molecule has 0 saturated carbocycles. The summed E-state index contributed by atoms with van der Waals surface area (Å²) in [6.07, 6.45) is 0.388. The molecular weight excluding hydrogens is 238 g/mol. The lowest BCUT2D eigenvalue weighted by atomic mass is 10.1. The van der Waals surface area contributed by atoms with E-state index in [9.17, 15) is 4.79 Å². The fourth-order valence-corrected chi connectivity index (χ4v) is 1.72. The first-order chi connectivity index (χ1) is 8.13. The summed E-state index contributed by atoms with van der Waals surface area (Å²) in [6.45, 7) is 4.88. The van der Waals surface area contributed by atoms with Crippen LogP contribution in [0.5, 0.6) is 0 Å². The Kier molecular flexibility index (Phi) is 6.01. The minimum Gasteiger partial charge on any atom is -0.466 e. The highest BCUT2D eigenvalue weighted by Crippen LogP contribution is 2.17. The summed E-state index contributed by atoms with van der Waals surface area (Å²) in [5.74, 6) is -0.168. The highest BCUT2D eigenvalue weighted by molar-refractivity contribution is 6.30. The van der Waals surface area contributed by atoms with Crippen molar-refractivity contribution >= 4 is 17.6 Å². The smallest absolute Gasteiger partial charge is 0.307 e. The zero-order valence-electron chi connectivity index (χ0n) is 10.2. The molecule has 1 aromatic rings. The molecule has 0 aromatic heterocycles. The molecule has 0 spiro atoms. The van der Waals surface area contributed by atoms with E-state index in [0.717, 1.165) is 10.6 Å². The number of carbonyl (C=O) groups is 1. The number of esters is 1. The van der Waals surface area contributed by atoms with Gasteiger partial charge < -0.3 is 10.1 Å². The molecule has 4 heteroatoms. The molecule has 1 unspecified atom stereocenters. The zero-order chi connectivity index (χ0) is 12.7. The summed E-state index contributed by atoms with van der Waals surface area (Å²) in [5, 5.41) is 3.98. The number of hydrogen-bond donors (Lipinski definition) is 1. The lowest BCUT2D eigenvalue weighted by Crippen LogP contribution is -2.22. The van der Waals surface area contributed by atoms with Crippen LogP contribution < -0.4 is 5.32 Å². The second-order valence-electron chi connectivity index (χ2n) is 3.79. The first kappa shape index (κ1) is 14.0. The zero-order valence-corrected chi connectivity index (χ0v) is 11.0. The van der Waals surface area contributed by atoms with Crippen molar-refractivity contribution in [1.82, 2.24) is 5.32 Å². The topological polar surface area (TPSA) is 38.3 Å². The Bertz CT molecular complexity index is 368. The molecule has 0 fully saturated rings. The van der Waals surface area contributed by atoms with Crippen LogP contribution in [0.3, 0.4) is 0 Å². The van der Waals surface area contributed by atoms with E-state index in [1.165, 1.54) is 0 Å². The van der Waals surface area contributed by atoms with Crippen molar-refractivity contribution in [2.45, 2.75) is 26.3 Å². The van der Waals surface area contributed by atoms with Gasteiger partial charge in [-0.15, -0.1) is 0 Å². The number of halogens is 1. The number of carbonyl (C=O) groups excluding carboxylic acids is 1. The van der Waals surface area contributed by atoms with Gasteiger partial charge >= 0.3 is 5.97 Å². The van der Waals surface area contributed by atoms with Gasteiger partial charge in [0.25, 0.3) is 0 Å². The fourth-order valence-electron chi connectivity index (χ4n) is 1.52. The highest BCUT2D eigenvalue weighted by Gasteiger charge is 2.06. The molecule has 0 heterocycles. The van der Waals surface area contributed by atoms with E-state index in [-0.39, 0.29) is 12.0 Å². The van der Waals surface area contributed by atoms with E-state index in [1.54, 1.807) is 6.92 Å². The van der Waals surface area contributed by atoms with Crippen LogP contribution in [0.1, 0.15) is 31.9 Å². The van der Waals surface area contributed by atoms with Crippen LogP contribution in [0, 0.1) is 0 Å². The summed E-state index contributed by atoms with van der Waals surface area (Å²) in [4.78, 5) is 11.1. The van der Waals surface area contributed by atoms with Crippen LogP contribution in [0.2, 0.25) is 5.02 Å². The van der Waals surface area contributed by atoms with Crippen LogP contribution in [0.25, 0.3) is 0 Å². The van der Waals surface area contributed by atoms with Gasteiger partial charge in [0.2, 0.25) is 0 Å². The van der Waals surface area contributed by atoms with E-state index < -0.39 is 0 Å². The molecule has 0 amide bonds. The lowest BCUT2D eigenvalue weighted by molar-refractivity contribution is -0.143. The maximum absolute atomic E-state index is 11.1. The summed E-state index contributed by atoms with van der Waals surface area (Å²) in [5.41, 5.74) is 1.11. The molecule has 0 aliphatic rings. The van der Waals surface area contributed by atoms with E-state index in [1.807, 2.05) is 31.2 Å². The van der Waals surface area contributed by atoms with E-state index >= 15 is 0 Å². The maximum atomic E-state index is 11.1. The predicted molar refractivity (Wildman–Crippen MR) is 69.1 cm³/mol. The van der Waals surface area contributed by atoms with Gasteiger partial charge in [-0.2, -0.15) is 0 Å².